The minimum atomic E-state index is -0.733. The van der Waals surface area contributed by atoms with Gasteiger partial charge in [0.05, 0.1) is 11.3 Å². The van der Waals surface area contributed by atoms with Crippen LogP contribution in [0.3, 0.4) is 0 Å². The van der Waals surface area contributed by atoms with E-state index in [1.54, 1.807) is 29.7 Å². The summed E-state index contributed by atoms with van der Waals surface area (Å²) in [6.07, 6.45) is 5.69. The number of anilines is 1. The van der Waals surface area contributed by atoms with Gasteiger partial charge in [-0.05, 0) is 45.1 Å². The molecule has 3 N–H and O–H groups in total. The van der Waals surface area contributed by atoms with Crippen LogP contribution in [-0.4, -0.2) is 71.2 Å². The maximum atomic E-state index is 14.2. The molecule has 0 atom stereocenters. The van der Waals surface area contributed by atoms with Crippen molar-refractivity contribution in [1.82, 2.24) is 25.3 Å². The number of hydrogen-bond acceptors (Lipinski definition) is 7. The van der Waals surface area contributed by atoms with E-state index in [0.717, 1.165) is 17.1 Å². The molecule has 4 rings (SSSR count). The molecule has 0 spiro atoms. The number of aryl methyl sites for hydroxylation is 1. The maximum Gasteiger partial charge on any atom is 0.410 e. The number of benzene rings is 1. The Balaban J connectivity index is 1.54. The lowest BCUT2D eigenvalue weighted by molar-refractivity contribution is 0.0240. The monoisotopic (exact) mass is 509 g/mol. The zero-order valence-corrected chi connectivity index (χ0v) is 21.7. The Kier molecular flexibility index (Phi) is 7.06. The number of aromatic nitrogens is 2. The number of rotatable bonds is 4. The normalized spacial score (nSPS) is 17.6. The summed E-state index contributed by atoms with van der Waals surface area (Å²) < 4.78 is 21.4. The first-order valence-electron chi connectivity index (χ1n) is 12.0. The number of carbonyl (C=O) groups is 2. The molecular formula is C26H32FN7O3. The number of allylic oxidation sites excluding steroid dienone is 4. The van der Waals surface area contributed by atoms with E-state index in [1.165, 1.54) is 12.3 Å². The van der Waals surface area contributed by atoms with Gasteiger partial charge in [-0.15, -0.1) is 0 Å². The molecular weight excluding hydrogens is 477 g/mol. The highest BCUT2D eigenvalue weighted by Gasteiger charge is 2.28. The lowest BCUT2D eigenvalue weighted by atomic mass is 10.0. The van der Waals surface area contributed by atoms with Crippen LogP contribution in [0.2, 0.25) is 0 Å². The molecule has 0 bridgehead atoms. The molecule has 2 aliphatic rings. The van der Waals surface area contributed by atoms with Crippen LogP contribution in [0.4, 0.5) is 14.9 Å². The average molecular weight is 510 g/mol. The molecule has 0 saturated carbocycles. The van der Waals surface area contributed by atoms with Gasteiger partial charge in [-0.25, -0.2) is 9.18 Å². The van der Waals surface area contributed by atoms with Crippen molar-refractivity contribution in [3.8, 4) is 0 Å². The topological polar surface area (TPSA) is 116 Å². The minimum Gasteiger partial charge on any atom is -0.444 e. The molecule has 1 aliphatic carbocycles. The molecule has 1 aliphatic heterocycles. The van der Waals surface area contributed by atoms with Crippen LogP contribution >= 0.6 is 0 Å². The molecule has 1 fully saturated rings. The number of fused-ring (bicyclic) bond motifs is 1. The first kappa shape index (κ1) is 25.9. The fourth-order valence-corrected chi connectivity index (χ4v) is 4.29. The second-order valence-corrected chi connectivity index (χ2v) is 9.96. The van der Waals surface area contributed by atoms with Crippen LogP contribution in [0.1, 0.15) is 31.1 Å². The van der Waals surface area contributed by atoms with E-state index < -0.39 is 17.3 Å². The van der Waals surface area contributed by atoms with Gasteiger partial charge in [0.25, 0.3) is 5.91 Å². The third-order valence-corrected chi connectivity index (χ3v) is 5.96. The van der Waals surface area contributed by atoms with Crippen LogP contribution < -0.4 is 15.5 Å². The number of hydrogen-bond donors (Lipinski definition) is 3. The molecule has 1 saturated heterocycles. The van der Waals surface area contributed by atoms with Crippen molar-refractivity contribution in [2.24, 2.45) is 7.05 Å². The fourth-order valence-electron chi connectivity index (χ4n) is 4.29. The van der Waals surface area contributed by atoms with Crippen LogP contribution in [0.25, 0.3) is 10.9 Å². The van der Waals surface area contributed by atoms with E-state index in [-0.39, 0.29) is 17.5 Å². The van der Waals surface area contributed by atoms with Crippen molar-refractivity contribution >= 4 is 34.3 Å². The SMILES string of the molecule is CN/C=C1/C=C(NC(=O)c2ccc(N3CCN(C(=O)OC(C)(C)C)CC3)c3cn(C)nc23)C=C(F)C1=N. The van der Waals surface area contributed by atoms with Crippen LogP contribution in [-0.2, 0) is 11.8 Å². The first-order valence-corrected chi connectivity index (χ1v) is 12.0. The molecule has 2 heterocycles. The fraction of sp³-hybridized carbons (Fsp3) is 0.385. The smallest absolute Gasteiger partial charge is 0.410 e. The number of halogens is 1. The molecule has 1 aromatic carbocycles. The third-order valence-electron chi connectivity index (χ3n) is 5.96. The van der Waals surface area contributed by atoms with E-state index in [4.69, 9.17) is 10.1 Å². The van der Waals surface area contributed by atoms with Crippen LogP contribution in [0, 0.1) is 5.41 Å². The molecule has 1 aromatic heterocycles. The lowest BCUT2D eigenvalue weighted by Crippen LogP contribution is -2.50. The Morgan fingerprint density at radius 2 is 1.86 bits per heavy atom. The lowest BCUT2D eigenvalue weighted by Gasteiger charge is -2.37. The summed E-state index contributed by atoms with van der Waals surface area (Å²) in [5.74, 6) is -1.17. The third kappa shape index (κ3) is 5.65. The minimum absolute atomic E-state index is 0.242. The summed E-state index contributed by atoms with van der Waals surface area (Å²) in [7, 11) is 3.44. The van der Waals surface area contributed by atoms with E-state index in [9.17, 15) is 14.0 Å². The number of nitrogens with one attached hydrogen (secondary N) is 3. The Hall–Kier alpha value is -4.15. The van der Waals surface area contributed by atoms with E-state index >= 15 is 0 Å². The quantitative estimate of drug-likeness (QED) is 0.583. The predicted octanol–water partition coefficient (Wildman–Crippen LogP) is 3.23. The highest BCUT2D eigenvalue weighted by Crippen LogP contribution is 2.30. The molecule has 11 heteroatoms. The molecule has 2 aromatic rings. The van der Waals surface area contributed by atoms with Crippen molar-refractivity contribution in [2.45, 2.75) is 26.4 Å². The van der Waals surface area contributed by atoms with Gasteiger partial charge < -0.3 is 25.2 Å². The van der Waals surface area contributed by atoms with Crippen molar-refractivity contribution in [1.29, 1.82) is 5.41 Å². The summed E-state index contributed by atoms with van der Waals surface area (Å²) in [5.41, 5.74) is 1.55. The molecule has 0 radical (unpaired) electrons. The first-order chi connectivity index (χ1) is 17.5. The highest BCUT2D eigenvalue weighted by atomic mass is 19.1. The van der Waals surface area contributed by atoms with E-state index in [2.05, 4.69) is 20.6 Å². The number of carbonyl (C=O) groups excluding carboxylic acids is 2. The van der Waals surface area contributed by atoms with Crippen molar-refractivity contribution < 1.29 is 18.7 Å². The van der Waals surface area contributed by atoms with Gasteiger partial charge in [-0.2, -0.15) is 5.10 Å². The van der Waals surface area contributed by atoms with Gasteiger partial charge in [0.15, 0.2) is 5.83 Å². The van der Waals surface area contributed by atoms with Gasteiger partial charge in [0.2, 0.25) is 0 Å². The summed E-state index contributed by atoms with van der Waals surface area (Å²) in [5, 5.41) is 18.7. The number of piperazine rings is 1. The average Bonchev–Trinajstić information content (AvgIpc) is 3.22. The summed E-state index contributed by atoms with van der Waals surface area (Å²) in [4.78, 5) is 29.5. The summed E-state index contributed by atoms with van der Waals surface area (Å²) in [6, 6.07) is 3.58. The van der Waals surface area contributed by atoms with Gasteiger partial charge >= 0.3 is 6.09 Å². The second-order valence-electron chi connectivity index (χ2n) is 9.96. The Labute approximate surface area is 214 Å². The zero-order chi connectivity index (χ0) is 26.9. The van der Waals surface area contributed by atoms with Gasteiger partial charge in [0.1, 0.15) is 11.1 Å². The number of amides is 2. The molecule has 2 amide bonds. The van der Waals surface area contributed by atoms with Crippen LogP contribution in [0.5, 0.6) is 0 Å². The predicted molar refractivity (Wildman–Crippen MR) is 140 cm³/mol. The van der Waals surface area contributed by atoms with Crippen molar-refractivity contribution in [2.75, 3.05) is 38.1 Å². The zero-order valence-electron chi connectivity index (χ0n) is 21.7. The standard InChI is InChI=1S/C26H32FN7O3/c1-26(2,3)37-25(36)34-10-8-33(9-11-34)21-7-6-18(23-19(21)15-32(5)31-23)24(35)30-17-12-16(14-29-4)22(28)20(27)13-17/h6-7,12-15,28-29H,8-11H2,1-5H3,(H,30,35)/b16-14-,28-22?. The van der Waals surface area contributed by atoms with Gasteiger partial charge in [-0.1, -0.05) is 0 Å². The molecule has 37 heavy (non-hydrogen) atoms. The largest absolute Gasteiger partial charge is 0.444 e. The van der Waals surface area contributed by atoms with E-state index in [1.807, 2.05) is 33.0 Å². The number of nitrogens with zero attached hydrogens (tertiary/aromatic N) is 4. The Bertz CT molecular complexity index is 1340. The highest BCUT2D eigenvalue weighted by molar-refractivity contribution is 6.13. The van der Waals surface area contributed by atoms with Crippen LogP contribution in [0.15, 0.2) is 53.8 Å². The molecule has 0 unspecified atom stereocenters. The maximum absolute atomic E-state index is 14.2. The molecule has 196 valence electrons. The molecule has 10 nitrogen and oxygen atoms in total. The Morgan fingerprint density at radius 1 is 1.16 bits per heavy atom. The summed E-state index contributed by atoms with van der Waals surface area (Å²) >= 11 is 0. The van der Waals surface area contributed by atoms with Crippen molar-refractivity contribution in [3.63, 3.8) is 0 Å². The number of ether oxygens (including phenoxy) is 1. The van der Waals surface area contributed by atoms with Gasteiger partial charge in [0, 0.05) is 75.0 Å². The van der Waals surface area contributed by atoms with Crippen molar-refractivity contribution in [3.05, 3.63) is 59.3 Å². The summed E-state index contributed by atoms with van der Waals surface area (Å²) in [6.45, 7) is 7.79. The van der Waals surface area contributed by atoms with Gasteiger partial charge in [-0.3, -0.25) is 14.9 Å². The Morgan fingerprint density at radius 3 is 2.51 bits per heavy atom. The second kappa shape index (κ2) is 10.1. The van der Waals surface area contributed by atoms with E-state index in [0.29, 0.717) is 42.8 Å².